The van der Waals surface area contributed by atoms with E-state index in [4.69, 9.17) is 4.74 Å². The maximum absolute atomic E-state index is 11.8. The lowest BCUT2D eigenvalue weighted by atomic mass is 10.1. The van der Waals surface area contributed by atoms with Crippen LogP contribution in [0.25, 0.3) is 0 Å². The van der Waals surface area contributed by atoms with Gasteiger partial charge in [0, 0.05) is 31.9 Å². The number of nitrogens with zero attached hydrogens (tertiary/aromatic N) is 1. The minimum absolute atomic E-state index is 0.110. The number of benzene rings is 1. The molecule has 0 fully saturated rings. The number of hydrogen-bond donors (Lipinski definition) is 1. The molecule has 1 aromatic carbocycles. The lowest BCUT2D eigenvalue weighted by molar-refractivity contribution is -0.121. The molecule has 0 aliphatic carbocycles. The van der Waals surface area contributed by atoms with Crippen LogP contribution in [-0.2, 0) is 17.8 Å². The van der Waals surface area contributed by atoms with Crippen molar-refractivity contribution in [3.8, 4) is 5.75 Å². The van der Waals surface area contributed by atoms with Crippen LogP contribution in [0.15, 0.2) is 48.8 Å². The van der Waals surface area contributed by atoms with E-state index in [0.29, 0.717) is 6.42 Å². The molecule has 0 saturated heterocycles. The quantitative estimate of drug-likeness (QED) is 0.758. The molecule has 0 radical (unpaired) electrons. The number of methoxy groups -OCH3 is 1. The van der Waals surface area contributed by atoms with Crippen LogP contribution in [-0.4, -0.2) is 24.1 Å². The highest BCUT2D eigenvalue weighted by Gasteiger charge is 2.02. The van der Waals surface area contributed by atoms with Crippen molar-refractivity contribution in [2.24, 2.45) is 0 Å². The zero-order valence-corrected chi connectivity index (χ0v) is 12.4. The van der Waals surface area contributed by atoms with E-state index in [2.05, 4.69) is 9.88 Å². The van der Waals surface area contributed by atoms with Crippen LogP contribution in [0.1, 0.15) is 18.4 Å². The molecule has 1 amide bonds. The Kier molecular flexibility index (Phi) is 5.88. The van der Waals surface area contributed by atoms with Crippen molar-refractivity contribution < 1.29 is 9.53 Å². The average Bonchev–Trinajstić information content (AvgIpc) is 3.03. The van der Waals surface area contributed by atoms with E-state index in [9.17, 15) is 4.79 Å². The van der Waals surface area contributed by atoms with Gasteiger partial charge in [-0.1, -0.05) is 12.1 Å². The summed E-state index contributed by atoms with van der Waals surface area (Å²) in [5, 5.41) is 2.96. The predicted molar refractivity (Wildman–Crippen MR) is 83.4 cm³/mol. The zero-order chi connectivity index (χ0) is 14.9. The monoisotopic (exact) mass is 286 g/mol. The van der Waals surface area contributed by atoms with Gasteiger partial charge in [-0.3, -0.25) is 4.79 Å². The molecule has 4 heteroatoms. The van der Waals surface area contributed by atoms with Crippen molar-refractivity contribution in [2.45, 2.75) is 25.8 Å². The second-order valence-corrected chi connectivity index (χ2v) is 4.97. The standard InChI is InChI=1S/C17H22N2O2/c1-21-16-8-5-15(6-9-16)7-10-17(20)18-11-4-14-19-12-2-3-13-19/h2-3,5-6,8-9,12-13H,4,7,10-11,14H2,1H3,(H,18,20). The molecule has 2 rings (SSSR count). The predicted octanol–water partition coefficient (Wildman–Crippen LogP) is 2.64. The zero-order valence-electron chi connectivity index (χ0n) is 12.4. The van der Waals surface area contributed by atoms with Gasteiger partial charge in [-0.25, -0.2) is 0 Å². The van der Waals surface area contributed by atoms with E-state index in [1.165, 1.54) is 0 Å². The lowest BCUT2D eigenvalue weighted by Gasteiger charge is -2.06. The molecular weight excluding hydrogens is 264 g/mol. The second kappa shape index (κ2) is 8.15. The van der Waals surface area contributed by atoms with E-state index in [-0.39, 0.29) is 5.91 Å². The maximum Gasteiger partial charge on any atom is 0.220 e. The van der Waals surface area contributed by atoms with E-state index in [1.54, 1.807) is 7.11 Å². The summed E-state index contributed by atoms with van der Waals surface area (Å²) in [6.45, 7) is 1.66. The maximum atomic E-state index is 11.8. The van der Waals surface area contributed by atoms with Crippen molar-refractivity contribution in [1.29, 1.82) is 0 Å². The van der Waals surface area contributed by atoms with Gasteiger partial charge in [0.05, 0.1) is 7.11 Å². The molecule has 112 valence electrons. The van der Waals surface area contributed by atoms with E-state index < -0.39 is 0 Å². The molecule has 21 heavy (non-hydrogen) atoms. The Balaban J connectivity index is 1.60. The van der Waals surface area contributed by atoms with Crippen LogP contribution in [0.2, 0.25) is 0 Å². The van der Waals surface area contributed by atoms with E-state index in [1.807, 2.05) is 48.8 Å². The molecule has 0 saturated carbocycles. The number of aromatic nitrogens is 1. The highest BCUT2D eigenvalue weighted by atomic mass is 16.5. The Morgan fingerprint density at radius 2 is 1.90 bits per heavy atom. The van der Waals surface area contributed by atoms with Crippen LogP contribution in [0, 0.1) is 0 Å². The minimum atomic E-state index is 0.110. The van der Waals surface area contributed by atoms with Gasteiger partial charge in [0.1, 0.15) is 5.75 Å². The molecule has 0 aliphatic heterocycles. The third-order valence-corrected chi connectivity index (χ3v) is 3.38. The highest BCUT2D eigenvalue weighted by Crippen LogP contribution is 2.12. The third kappa shape index (κ3) is 5.34. The van der Waals surface area contributed by atoms with Gasteiger partial charge in [0.25, 0.3) is 0 Å². The number of hydrogen-bond acceptors (Lipinski definition) is 2. The van der Waals surface area contributed by atoms with Crippen molar-refractivity contribution >= 4 is 5.91 Å². The summed E-state index contributed by atoms with van der Waals surface area (Å²) >= 11 is 0. The number of amides is 1. The van der Waals surface area contributed by atoms with Crippen LogP contribution in [0.4, 0.5) is 0 Å². The molecule has 1 aromatic heterocycles. The minimum Gasteiger partial charge on any atom is -0.497 e. The number of carbonyl (C=O) groups excluding carboxylic acids is 1. The SMILES string of the molecule is COc1ccc(CCC(=O)NCCCn2cccc2)cc1. The number of ether oxygens (including phenoxy) is 1. The molecule has 4 nitrogen and oxygen atoms in total. The molecule has 0 unspecified atom stereocenters. The molecule has 2 aromatic rings. The second-order valence-electron chi connectivity index (χ2n) is 4.97. The van der Waals surface area contributed by atoms with E-state index in [0.717, 1.165) is 37.2 Å². The first-order valence-corrected chi connectivity index (χ1v) is 7.28. The fraction of sp³-hybridized carbons (Fsp3) is 0.353. The van der Waals surface area contributed by atoms with Gasteiger partial charge in [-0.05, 0) is 42.7 Å². The Morgan fingerprint density at radius 1 is 1.19 bits per heavy atom. The molecule has 0 aliphatic rings. The van der Waals surface area contributed by atoms with Gasteiger partial charge >= 0.3 is 0 Å². The summed E-state index contributed by atoms with van der Waals surface area (Å²) < 4.78 is 7.22. The van der Waals surface area contributed by atoms with Gasteiger partial charge in [-0.2, -0.15) is 0 Å². The van der Waals surface area contributed by atoms with Crippen LogP contribution < -0.4 is 10.1 Å². The summed E-state index contributed by atoms with van der Waals surface area (Å²) in [5.41, 5.74) is 1.15. The fourth-order valence-corrected chi connectivity index (χ4v) is 2.15. The van der Waals surface area contributed by atoms with Crippen molar-refractivity contribution in [3.63, 3.8) is 0 Å². The Bertz CT molecular complexity index is 532. The summed E-state index contributed by atoms with van der Waals surface area (Å²) in [5.74, 6) is 0.950. The summed E-state index contributed by atoms with van der Waals surface area (Å²) in [4.78, 5) is 11.8. The Hall–Kier alpha value is -2.23. The topological polar surface area (TPSA) is 43.3 Å². The summed E-state index contributed by atoms with van der Waals surface area (Å²) in [6, 6.07) is 11.9. The summed E-state index contributed by atoms with van der Waals surface area (Å²) in [7, 11) is 1.65. The first kappa shape index (κ1) is 15.2. The molecule has 0 atom stereocenters. The normalized spacial score (nSPS) is 10.3. The molecule has 1 N–H and O–H groups in total. The third-order valence-electron chi connectivity index (χ3n) is 3.38. The molecular formula is C17H22N2O2. The smallest absolute Gasteiger partial charge is 0.220 e. The van der Waals surface area contributed by atoms with Crippen molar-refractivity contribution in [2.75, 3.05) is 13.7 Å². The van der Waals surface area contributed by atoms with Gasteiger partial charge < -0.3 is 14.6 Å². The van der Waals surface area contributed by atoms with Crippen molar-refractivity contribution in [1.82, 2.24) is 9.88 Å². The van der Waals surface area contributed by atoms with Gasteiger partial charge in [0.15, 0.2) is 0 Å². The van der Waals surface area contributed by atoms with Gasteiger partial charge in [-0.15, -0.1) is 0 Å². The first-order valence-electron chi connectivity index (χ1n) is 7.28. The molecule has 1 heterocycles. The average molecular weight is 286 g/mol. The van der Waals surface area contributed by atoms with Crippen LogP contribution >= 0.6 is 0 Å². The lowest BCUT2D eigenvalue weighted by Crippen LogP contribution is -2.25. The molecule has 0 bridgehead atoms. The van der Waals surface area contributed by atoms with Gasteiger partial charge in [0.2, 0.25) is 5.91 Å². The van der Waals surface area contributed by atoms with Crippen LogP contribution in [0.3, 0.4) is 0 Å². The largest absolute Gasteiger partial charge is 0.497 e. The number of nitrogens with one attached hydrogen (secondary N) is 1. The van der Waals surface area contributed by atoms with E-state index >= 15 is 0 Å². The van der Waals surface area contributed by atoms with Crippen molar-refractivity contribution in [3.05, 3.63) is 54.4 Å². The number of aryl methyl sites for hydroxylation is 2. The summed E-state index contributed by atoms with van der Waals surface area (Å²) in [6.07, 6.45) is 6.29. The molecule has 0 spiro atoms. The van der Waals surface area contributed by atoms with Crippen LogP contribution in [0.5, 0.6) is 5.75 Å². The Labute approximate surface area is 125 Å². The highest BCUT2D eigenvalue weighted by molar-refractivity contribution is 5.76. The number of carbonyl (C=O) groups is 1. The first-order chi connectivity index (χ1) is 10.3. The Morgan fingerprint density at radius 3 is 2.57 bits per heavy atom. The fourth-order valence-electron chi connectivity index (χ4n) is 2.15. The number of rotatable bonds is 8.